The molecule has 0 saturated carbocycles. The van der Waals surface area contributed by atoms with Crippen molar-refractivity contribution >= 4 is 21.8 Å². The molecule has 1 amide bonds. The first-order valence-corrected chi connectivity index (χ1v) is 6.76. The van der Waals surface area contributed by atoms with Crippen LogP contribution in [0.15, 0.2) is 22.7 Å². The van der Waals surface area contributed by atoms with Crippen LogP contribution in [0.1, 0.15) is 25.0 Å². The van der Waals surface area contributed by atoms with E-state index in [1.54, 1.807) is 19.0 Å². The summed E-state index contributed by atoms with van der Waals surface area (Å²) in [5, 5.41) is 3.31. The lowest BCUT2D eigenvalue weighted by Crippen LogP contribution is -2.51. The van der Waals surface area contributed by atoms with E-state index in [0.717, 1.165) is 4.47 Å². The van der Waals surface area contributed by atoms with Crippen LogP contribution >= 0.6 is 15.9 Å². The second-order valence-corrected chi connectivity index (χ2v) is 6.06. The highest BCUT2D eigenvalue weighted by molar-refractivity contribution is 9.10. The maximum Gasteiger partial charge on any atom is 0.241 e. The fourth-order valence-electron chi connectivity index (χ4n) is 1.79. The number of rotatable bonds is 4. The maximum atomic E-state index is 12.0. The van der Waals surface area contributed by atoms with Crippen LogP contribution in [0.4, 0.5) is 0 Å². The Morgan fingerprint density at radius 3 is 2.56 bits per heavy atom. The lowest BCUT2D eigenvalue weighted by molar-refractivity contribution is -0.134. The number of likely N-dealkylation sites (N-methyl/N-ethyl adjacent to an activating group) is 1. The number of nitrogens with one attached hydrogen (secondary N) is 1. The molecule has 3 nitrogen and oxygen atoms in total. The van der Waals surface area contributed by atoms with Crippen molar-refractivity contribution in [3.05, 3.63) is 33.8 Å². The van der Waals surface area contributed by atoms with E-state index < -0.39 is 5.54 Å². The summed E-state index contributed by atoms with van der Waals surface area (Å²) in [5.41, 5.74) is 1.85. The molecule has 1 aromatic rings. The van der Waals surface area contributed by atoms with E-state index in [4.69, 9.17) is 0 Å². The number of hydrogen-bond acceptors (Lipinski definition) is 2. The SMILES string of the molecule is Cc1c(Br)cccc1CNC(C)(C)C(=O)N(C)C. The molecule has 0 bridgehead atoms. The molecule has 0 spiro atoms. The zero-order valence-electron chi connectivity index (χ0n) is 11.7. The van der Waals surface area contributed by atoms with Gasteiger partial charge in [0, 0.05) is 25.1 Å². The number of amides is 1. The van der Waals surface area contributed by atoms with Gasteiger partial charge in [0.15, 0.2) is 0 Å². The lowest BCUT2D eigenvalue weighted by atomic mass is 10.0. The first kappa shape index (κ1) is 15.2. The largest absolute Gasteiger partial charge is 0.347 e. The average Bonchev–Trinajstić information content (AvgIpc) is 2.30. The minimum absolute atomic E-state index is 0.0788. The van der Waals surface area contributed by atoms with Gasteiger partial charge in [0.05, 0.1) is 5.54 Å². The Labute approximate surface area is 118 Å². The standard InChI is InChI=1S/C14H21BrN2O/c1-10-11(7-6-8-12(10)15)9-16-14(2,3)13(18)17(4)5/h6-8,16H,9H2,1-5H3. The van der Waals surface area contributed by atoms with Crippen LogP contribution in [0.2, 0.25) is 0 Å². The molecule has 1 rings (SSSR count). The minimum atomic E-state index is -0.557. The van der Waals surface area contributed by atoms with Crippen LogP contribution < -0.4 is 5.32 Å². The molecule has 0 aromatic heterocycles. The number of carbonyl (C=O) groups excluding carboxylic acids is 1. The van der Waals surface area contributed by atoms with Gasteiger partial charge < -0.3 is 4.90 Å². The van der Waals surface area contributed by atoms with E-state index in [2.05, 4.69) is 34.2 Å². The molecule has 0 radical (unpaired) electrons. The molecule has 100 valence electrons. The number of benzene rings is 1. The summed E-state index contributed by atoms with van der Waals surface area (Å²) in [4.78, 5) is 13.6. The molecule has 0 atom stereocenters. The third-order valence-corrected chi connectivity index (χ3v) is 3.90. The van der Waals surface area contributed by atoms with Crippen LogP contribution in [-0.4, -0.2) is 30.4 Å². The summed E-state index contributed by atoms with van der Waals surface area (Å²) in [6.07, 6.45) is 0. The highest BCUT2D eigenvalue weighted by Crippen LogP contribution is 2.20. The molecule has 1 aromatic carbocycles. The summed E-state index contributed by atoms with van der Waals surface area (Å²) in [6.45, 7) is 6.56. The summed E-state index contributed by atoms with van der Waals surface area (Å²) < 4.78 is 1.10. The second-order valence-electron chi connectivity index (χ2n) is 5.20. The van der Waals surface area contributed by atoms with Crippen molar-refractivity contribution in [2.75, 3.05) is 14.1 Å². The van der Waals surface area contributed by atoms with Crippen LogP contribution in [0.5, 0.6) is 0 Å². The third kappa shape index (κ3) is 3.56. The summed E-state index contributed by atoms with van der Waals surface area (Å²) in [6, 6.07) is 6.10. The summed E-state index contributed by atoms with van der Waals surface area (Å²) in [5.74, 6) is 0.0788. The normalized spacial score (nSPS) is 11.4. The predicted molar refractivity (Wildman–Crippen MR) is 78.5 cm³/mol. The first-order chi connectivity index (χ1) is 8.25. The van der Waals surface area contributed by atoms with Crippen molar-refractivity contribution in [3.63, 3.8) is 0 Å². The molecular weight excluding hydrogens is 292 g/mol. The van der Waals surface area contributed by atoms with Gasteiger partial charge in [-0.3, -0.25) is 10.1 Å². The molecule has 4 heteroatoms. The van der Waals surface area contributed by atoms with E-state index in [0.29, 0.717) is 6.54 Å². The monoisotopic (exact) mass is 312 g/mol. The van der Waals surface area contributed by atoms with Gasteiger partial charge in [-0.2, -0.15) is 0 Å². The summed E-state index contributed by atoms with van der Waals surface area (Å²) in [7, 11) is 3.55. The van der Waals surface area contributed by atoms with Crippen LogP contribution in [0.25, 0.3) is 0 Å². The Hall–Kier alpha value is -0.870. The van der Waals surface area contributed by atoms with Crippen molar-refractivity contribution in [2.24, 2.45) is 0 Å². The zero-order valence-corrected chi connectivity index (χ0v) is 13.3. The van der Waals surface area contributed by atoms with E-state index in [9.17, 15) is 4.79 Å². The molecule has 0 unspecified atom stereocenters. The summed E-state index contributed by atoms with van der Waals surface area (Å²) >= 11 is 3.52. The number of nitrogens with zero attached hydrogens (tertiary/aromatic N) is 1. The van der Waals surface area contributed by atoms with Crippen LogP contribution in [-0.2, 0) is 11.3 Å². The average molecular weight is 313 g/mol. The topological polar surface area (TPSA) is 32.3 Å². The smallest absolute Gasteiger partial charge is 0.241 e. The van der Waals surface area contributed by atoms with Gasteiger partial charge >= 0.3 is 0 Å². The molecule has 0 aliphatic rings. The van der Waals surface area contributed by atoms with Gasteiger partial charge in [0.25, 0.3) is 0 Å². The van der Waals surface area contributed by atoms with Gasteiger partial charge in [0.1, 0.15) is 0 Å². The number of halogens is 1. The Morgan fingerprint density at radius 2 is 2.00 bits per heavy atom. The van der Waals surface area contributed by atoms with Gasteiger partial charge in [-0.05, 0) is 38.0 Å². The zero-order chi connectivity index (χ0) is 13.9. The van der Waals surface area contributed by atoms with Gasteiger partial charge in [-0.15, -0.1) is 0 Å². The van der Waals surface area contributed by atoms with Gasteiger partial charge in [0.2, 0.25) is 5.91 Å². The molecule has 0 fully saturated rings. The van der Waals surface area contributed by atoms with Crippen molar-refractivity contribution < 1.29 is 4.79 Å². The highest BCUT2D eigenvalue weighted by atomic mass is 79.9. The predicted octanol–water partition coefficient (Wildman–Crippen LogP) is 2.71. The molecule has 18 heavy (non-hydrogen) atoms. The van der Waals surface area contributed by atoms with Gasteiger partial charge in [-0.25, -0.2) is 0 Å². The van der Waals surface area contributed by atoms with Crippen LogP contribution in [0.3, 0.4) is 0 Å². The number of hydrogen-bond donors (Lipinski definition) is 1. The molecule has 0 saturated heterocycles. The Bertz CT molecular complexity index is 441. The van der Waals surface area contributed by atoms with Crippen molar-refractivity contribution in [2.45, 2.75) is 32.9 Å². The quantitative estimate of drug-likeness (QED) is 0.927. The molecule has 0 heterocycles. The van der Waals surface area contributed by atoms with E-state index in [-0.39, 0.29) is 5.91 Å². The maximum absolute atomic E-state index is 12.0. The Morgan fingerprint density at radius 1 is 1.39 bits per heavy atom. The van der Waals surface area contributed by atoms with Crippen molar-refractivity contribution in [1.82, 2.24) is 10.2 Å². The van der Waals surface area contributed by atoms with E-state index in [1.807, 2.05) is 26.0 Å². The molecular formula is C14H21BrN2O. The second kappa shape index (κ2) is 5.85. The molecule has 1 N–H and O–H groups in total. The van der Waals surface area contributed by atoms with Crippen molar-refractivity contribution in [1.29, 1.82) is 0 Å². The Kier molecular flexibility index (Phi) is 4.93. The fourth-order valence-corrected chi connectivity index (χ4v) is 2.20. The highest BCUT2D eigenvalue weighted by Gasteiger charge is 2.28. The molecule has 0 aliphatic carbocycles. The minimum Gasteiger partial charge on any atom is -0.347 e. The third-order valence-electron chi connectivity index (χ3n) is 3.04. The molecule has 0 aliphatic heterocycles. The van der Waals surface area contributed by atoms with Gasteiger partial charge in [-0.1, -0.05) is 28.1 Å². The van der Waals surface area contributed by atoms with E-state index >= 15 is 0 Å². The number of carbonyl (C=O) groups is 1. The Balaban J connectivity index is 2.76. The lowest BCUT2D eigenvalue weighted by Gasteiger charge is -2.28. The van der Waals surface area contributed by atoms with Crippen molar-refractivity contribution in [3.8, 4) is 0 Å². The fraction of sp³-hybridized carbons (Fsp3) is 0.500. The first-order valence-electron chi connectivity index (χ1n) is 5.96. The van der Waals surface area contributed by atoms with Crippen LogP contribution in [0, 0.1) is 6.92 Å². The van der Waals surface area contributed by atoms with E-state index in [1.165, 1.54) is 11.1 Å².